The Kier molecular flexibility index (Phi) is 5.86. The first kappa shape index (κ1) is 13.0. The predicted octanol–water partition coefficient (Wildman–Crippen LogP) is 2.62. The van der Waals surface area contributed by atoms with E-state index in [1.165, 1.54) is 18.4 Å². The van der Waals surface area contributed by atoms with Gasteiger partial charge in [-0.05, 0) is 18.0 Å². The molecule has 0 unspecified atom stereocenters. The minimum absolute atomic E-state index is 0.670. The van der Waals surface area contributed by atoms with E-state index in [2.05, 4.69) is 24.1 Å². The van der Waals surface area contributed by atoms with Gasteiger partial charge in [-0.2, -0.15) is 0 Å². The molecule has 16 heavy (non-hydrogen) atoms. The van der Waals surface area contributed by atoms with Gasteiger partial charge in [0.25, 0.3) is 0 Å². The first-order valence-corrected chi connectivity index (χ1v) is 5.99. The Bertz CT molecular complexity index is 280. The average molecular weight is 222 g/mol. The van der Waals surface area contributed by atoms with Gasteiger partial charge >= 0.3 is 0 Å². The fourth-order valence-corrected chi connectivity index (χ4v) is 1.63. The van der Waals surface area contributed by atoms with Gasteiger partial charge in [-0.3, -0.25) is 0 Å². The maximum absolute atomic E-state index is 5.02. The highest BCUT2D eigenvalue weighted by atomic mass is 16.5. The van der Waals surface area contributed by atoms with Crippen LogP contribution >= 0.6 is 0 Å². The maximum Gasteiger partial charge on any atom is 0.212 e. The number of hydrogen-bond donors (Lipinski definition) is 1. The van der Waals surface area contributed by atoms with E-state index in [4.69, 9.17) is 4.74 Å². The van der Waals surface area contributed by atoms with Crippen molar-refractivity contribution >= 4 is 0 Å². The standard InChI is InChI=1S/C13H22N2O/c1-4-11(5-2)8-14-9-12-6-7-13(16-3)15-10-12/h6-7,10-11,14H,4-5,8-9H2,1-3H3. The van der Waals surface area contributed by atoms with E-state index in [-0.39, 0.29) is 0 Å². The van der Waals surface area contributed by atoms with Crippen molar-refractivity contribution in [3.05, 3.63) is 23.9 Å². The normalized spacial score (nSPS) is 10.8. The number of nitrogens with zero attached hydrogens (tertiary/aromatic N) is 1. The van der Waals surface area contributed by atoms with E-state index in [9.17, 15) is 0 Å². The van der Waals surface area contributed by atoms with Gasteiger partial charge < -0.3 is 10.1 Å². The Morgan fingerprint density at radius 2 is 2.06 bits per heavy atom. The van der Waals surface area contributed by atoms with Crippen molar-refractivity contribution in [3.63, 3.8) is 0 Å². The van der Waals surface area contributed by atoms with Crippen LogP contribution in [0, 0.1) is 5.92 Å². The van der Waals surface area contributed by atoms with Crippen LogP contribution in [-0.2, 0) is 6.54 Å². The Hall–Kier alpha value is -1.09. The number of hydrogen-bond acceptors (Lipinski definition) is 3. The number of ether oxygens (including phenoxy) is 1. The van der Waals surface area contributed by atoms with Crippen molar-refractivity contribution in [1.82, 2.24) is 10.3 Å². The van der Waals surface area contributed by atoms with Gasteiger partial charge in [-0.1, -0.05) is 32.8 Å². The summed E-state index contributed by atoms with van der Waals surface area (Å²) >= 11 is 0. The molecule has 0 saturated heterocycles. The number of methoxy groups -OCH3 is 1. The zero-order valence-electron chi connectivity index (χ0n) is 10.5. The first-order valence-electron chi connectivity index (χ1n) is 5.99. The largest absolute Gasteiger partial charge is 0.481 e. The van der Waals surface area contributed by atoms with Crippen molar-refractivity contribution in [2.75, 3.05) is 13.7 Å². The van der Waals surface area contributed by atoms with Crippen LogP contribution in [0.2, 0.25) is 0 Å². The lowest BCUT2D eigenvalue weighted by Crippen LogP contribution is -2.21. The molecule has 0 aliphatic carbocycles. The number of nitrogens with one attached hydrogen (secondary N) is 1. The Balaban J connectivity index is 2.31. The molecule has 0 fully saturated rings. The highest BCUT2D eigenvalue weighted by molar-refractivity contribution is 5.17. The fourth-order valence-electron chi connectivity index (χ4n) is 1.63. The molecule has 0 atom stereocenters. The van der Waals surface area contributed by atoms with Crippen LogP contribution in [0.4, 0.5) is 0 Å². The van der Waals surface area contributed by atoms with Crippen LogP contribution in [0.25, 0.3) is 0 Å². The number of pyridine rings is 1. The smallest absolute Gasteiger partial charge is 0.212 e. The monoisotopic (exact) mass is 222 g/mol. The molecule has 3 heteroatoms. The van der Waals surface area contributed by atoms with Gasteiger partial charge in [0.05, 0.1) is 7.11 Å². The summed E-state index contributed by atoms with van der Waals surface area (Å²) in [5.41, 5.74) is 1.20. The minimum atomic E-state index is 0.670. The lowest BCUT2D eigenvalue weighted by molar-refractivity contribution is 0.397. The molecule has 0 bridgehead atoms. The van der Waals surface area contributed by atoms with Gasteiger partial charge in [0.15, 0.2) is 0 Å². The van der Waals surface area contributed by atoms with E-state index in [1.54, 1.807) is 7.11 Å². The van der Waals surface area contributed by atoms with Gasteiger partial charge in [-0.25, -0.2) is 4.98 Å². The summed E-state index contributed by atoms with van der Waals surface area (Å²) in [4.78, 5) is 4.17. The number of aromatic nitrogens is 1. The van der Waals surface area contributed by atoms with Crippen LogP contribution in [0.1, 0.15) is 32.3 Å². The van der Waals surface area contributed by atoms with Gasteiger partial charge in [0, 0.05) is 18.8 Å². The van der Waals surface area contributed by atoms with Crippen molar-refractivity contribution in [1.29, 1.82) is 0 Å². The molecule has 1 aromatic heterocycles. The van der Waals surface area contributed by atoms with Gasteiger partial charge in [0.2, 0.25) is 5.88 Å². The van der Waals surface area contributed by atoms with E-state index < -0.39 is 0 Å². The molecule has 0 amide bonds. The van der Waals surface area contributed by atoms with E-state index in [0.29, 0.717) is 5.88 Å². The molecule has 0 aliphatic heterocycles. The second-order valence-corrected chi connectivity index (χ2v) is 4.02. The van der Waals surface area contributed by atoms with Crippen molar-refractivity contribution in [2.45, 2.75) is 33.2 Å². The summed E-state index contributed by atoms with van der Waals surface area (Å²) in [5, 5.41) is 3.46. The highest BCUT2D eigenvalue weighted by Crippen LogP contribution is 2.08. The predicted molar refractivity (Wildman–Crippen MR) is 66.6 cm³/mol. The molecule has 1 rings (SSSR count). The minimum Gasteiger partial charge on any atom is -0.481 e. The van der Waals surface area contributed by atoms with E-state index in [0.717, 1.165) is 19.0 Å². The molecular formula is C13H22N2O. The lowest BCUT2D eigenvalue weighted by Gasteiger charge is -2.13. The second kappa shape index (κ2) is 7.23. The zero-order chi connectivity index (χ0) is 11.8. The molecular weight excluding hydrogens is 200 g/mol. The summed E-state index contributed by atoms with van der Waals surface area (Å²) in [6, 6.07) is 3.94. The summed E-state index contributed by atoms with van der Waals surface area (Å²) in [7, 11) is 1.63. The average Bonchev–Trinajstić information content (AvgIpc) is 2.35. The summed E-state index contributed by atoms with van der Waals surface area (Å²) in [6.45, 7) is 6.45. The molecule has 1 N–H and O–H groups in total. The molecule has 0 aromatic carbocycles. The van der Waals surface area contributed by atoms with Crippen LogP contribution < -0.4 is 10.1 Å². The van der Waals surface area contributed by atoms with Crippen molar-refractivity contribution in [3.8, 4) is 5.88 Å². The molecule has 3 nitrogen and oxygen atoms in total. The van der Waals surface area contributed by atoms with E-state index >= 15 is 0 Å². The third-order valence-corrected chi connectivity index (χ3v) is 2.92. The van der Waals surface area contributed by atoms with Crippen LogP contribution in [0.3, 0.4) is 0 Å². The third kappa shape index (κ3) is 4.19. The van der Waals surface area contributed by atoms with Crippen LogP contribution in [0.5, 0.6) is 5.88 Å². The SMILES string of the molecule is CCC(CC)CNCc1ccc(OC)nc1. The highest BCUT2D eigenvalue weighted by Gasteiger charge is 2.02. The lowest BCUT2D eigenvalue weighted by atomic mass is 10.0. The van der Waals surface area contributed by atoms with Crippen molar-refractivity contribution < 1.29 is 4.74 Å². The second-order valence-electron chi connectivity index (χ2n) is 4.02. The first-order chi connectivity index (χ1) is 7.80. The molecule has 90 valence electrons. The topological polar surface area (TPSA) is 34.1 Å². The fraction of sp³-hybridized carbons (Fsp3) is 0.615. The molecule has 1 heterocycles. The summed E-state index contributed by atoms with van der Waals surface area (Å²) < 4.78 is 5.02. The van der Waals surface area contributed by atoms with Crippen LogP contribution in [0.15, 0.2) is 18.3 Å². The summed E-state index contributed by atoms with van der Waals surface area (Å²) in [5.74, 6) is 1.45. The molecule has 0 saturated carbocycles. The Morgan fingerprint density at radius 3 is 2.56 bits per heavy atom. The zero-order valence-corrected chi connectivity index (χ0v) is 10.5. The third-order valence-electron chi connectivity index (χ3n) is 2.92. The Morgan fingerprint density at radius 1 is 1.31 bits per heavy atom. The number of rotatable bonds is 7. The van der Waals surface area contributed by atoms with Gasteiger partial charge in [-0.15, -0.1) is 0 Å². The quantitative estimate of drug-likeness (QED) is 0.770. The molecule has 0 aliphatic rings. The Labute approximate surface area is 98.2 Å². The maximum atomic E-state index is 5.02. The van der Waals surface area contributed by atoms with Crippen LogP contribution in [-0.4, -0.2) is 18.6 Å². The van der Waals surface area contributed by atoms with Gasteiger partial charge in [0.1, 0.15) is 0 Å². The molecule has 1 aromatic rings. The van der Waals surface area contributed by atoms with E-state index in [1.807, 2.05) is 18.3 Å². The van der Waals surface area contributed by atoms with Crippen molar-refractivity contribution in [2.24, 2.45) is 5.92 Å². The summed E-state index contributed by atoms with van der Waals surface area (Å²) in [6.07, 6.45) is 4.34. The molecule has 0 spiro atoms. The molecule has 0 radical (unpaired) electrons.